The van der Waals surface area contributed by atoms with Gasteiger partial charge in [-0.15, -0.1) is 0 Å². The topological polar surface area (TPSA) is 112 Å². The summed E-state index contributed by atoms with van der Waals surface area (Å²) in [6.07, 6.45) is 2.34. The molecule has 1 aliphatic carbocycles. The van der Waals surface area contributed by atoms with E-state index in [-0.39, 0.29) is 12.1 Å². The Morgan fingerprint density at radius 3 is 2.67 bits per heavy atom. The fourth-order valence-electron chi connectivity index (χ4n) is 2.04. The Morgan fingerprint density at radius 2 is 2.14 bits per heavy atom. The zero-order chi connectivity index (χ0) is 15.6. The summed E-state index contributed by atoms with van der Waals surface area (Å²) >= 11 is 0. The number of H-pyrrole nitrogens is 1. The number of carbonyl (C=O) groups is 2. The summed E-state index contributed by atoms with van der Waals surface area (Å²) in [5.74, 6) is -1.01. The minimum Gasteiger partial charge on any atom is -0.481 e. The van der Waals surface area contributed by atoms with Crippen LogP contribution in [0.5, 0.6) is 0 Å². The minimum absolute atomic E-state index is 0.00220. The lowest BCUT2D eigenvalue weighted by Crippen LogP contribution is -2.33. The van der Waals surface area contributed by atoms with E-state index < -0.39 is 23.4 Å². The fourth-order valence-corrected chi connectivity index (χ4v) is 2.04. The highest BCUT2D eigenvalue weighted by Gasteiger charge is 2.28. The van der Waals surface area contributed by atoms with E-state index in [0.29, 0.717) is 23.9 Å². The lowest BCUT2D eigenvalue weighted by atomic mass is 10.1. The molecule has 1 aromatic heterocycles. The molecule has 1 heterocycles. The van der Waals surface area contributed by atoms with Gasteiger partial charge in [-0.3, -0.25) is 14.4 Å². The van der Waals surface area contributed by atoms with E-state index in [2.05, 4.69) is 15.3 Å². The summed E-state index contributed by atoms with van der Waals surface area (Å²) in [4.78, 5) is 41.6. The molecular formula is C14H19N3O4. The number of hydrogen-bond acceptors (Lipinski definition) is 4. The first kappa shape index (κ1) is 15.2. The Balaban J connectivity index is 2.02. The van der Waals surface area contributed by atoms with Crippen LogP contribution in [0.2, 0.25) is 0 Å². The summed E-state index contributed by atoms with van der Waals surface area (Å²) in [5.41, 5.74) is -0.0278. The van der Waals surface area contributed by atoms with Crippen LogP contribution in [0.4, 0.5) is 0 Å². The SMILES string of the molecule is Cc1nc(C2CC2)[nH]c(=O)c1C(=O)NCCC(C)C(=O)O. The summed E-state index contributed by atoms with van der Waals surface area (Å²) in [6, 6.07) is 0. The molecule has 1 aliphatic rings. The Bertz CT molecular complexity index is 619. The second-order valence-corrected chi connectivity index (χ2v) is 5.47. The van der Waals surface area contributed by atoms with Gasteiger partial charge in [0.15, 0.2) is 0 Å². The highest BCUT2D eigenvalue weighted by molar-refractivity contribution is 5.94. The standard InChI is InChI=1S/C14H19N3O4/c1-7(14(20)21)5-6-15-12(18)10-8(2)16-11(9-3-4-9)17-13(10)19/h7,9H,3-6H2,1-2H3,(H,15,18)(H,20,21)(H,16,17,19). The average molecular weight is 293 g/mol. The molecule has 114 valence electrons. The maximum atomic E-state index is 12.0. The van der Waals surface area contributed by atoms with Gasteiger partial charge in [0.2, 0.25) is 0 Å². The molecule has 1 aromatic rings. The summed E-state index contributed by atoms with van der Waals surface area (Å²) < 4.78 is 0. The van der Waals surface area contributed by atoms with Gasteiger partial charge in [-0.1, -0.05) is 6.92 Å². The quantitative estimate of drug-likeness (QED) is 0.718. The summed E-state index contributed by atoms with van der Waals surface area (Å²) in [5, 5.41) is 11.3. The lowest BCUT2D eigenvalue weighted by molar-refractivity contribution is -0.141. The predicted octanol–water partition coefficient (Wildman–Crippen LogP) is 0.796. The maximum absolute atomic E-state index is 12.0. The van der Waals surface area contributed by atoms with Gasteiger partial charge in [-0.25, -0.2) is 4.98 Å². The van der Waals surface area contributed by atoms with Gasteiger partial charge in [0.25, 0.3) is 11.5 Å². The molecule has 0 bridgehead atoms. The molecule has 3 N–H and O–H groups in total. The molecule has 0 aliphatic heterocycles. The van der Waals surface area contributed by atoms with Crippen LogP contribution in [0, 0.1) is 12.8 Å². The number of aromatic nitrogens is 2. The Labute approximate surface area is 121 Å². The van der Waals surface area contributed by atoms with Gasteiger partial charge in [0.05, 0.1) is 11.6 Å². The largest absolute Gasteiger partial charge is 0.481 e. The highest BCUT2D eigenvalue weighted by atomic mass is 16.4. The average Bonchev–Trinajstić information content (AvgIpc) is 3.21. The van der Waals surface area contributed by atoms with E-state index in [0.717, 1.165) is 12.8 Å². The molecule has 1 unspecified atom stereocenters. The van der Waals surface area contributed by atoms with E-state index >= 15 is 0 Å². The normalized spacial score (nSPS) is 15.5. The number of nitrogens with one attached hydrogen (secondary N) is 2. The zero-order valence-electron chi connectivity index (χ0n) is 12.1. The number of hydrogen-bond donors (Lipinski definition) is 3. The van der Waals surface area contributed by atoms with Crippen molar-refractivity contribution in [1.29, 1.82) is 0 Å². The first-order valence-electron chi connectivity index (χ1n) is 7.02. The van der Waals surface area contributed by atoms with Crippen molar-refractivity contribution in [3.05, 3.63) is 27.4 Å². The van der Waals surface area contributed by atoms with Crippen LogP contribution in [0.15, 0.2) is 4.79 Å². The van der Waals surface area contributed by atoms with Gasteiger partial charge >= 0.3 is 5.97 Å². The van der Waals surface area contributed by atoms with Gasteiger partial charge in [-0.2, -0.15) is 0 Å². The van der Waals surface area contributed by atoms with Crippen molar-refractivity contribution in [2.75, 3.05) is 6.54 Å². The van der Waals surface area contributed by atoms with E-state index in [4.69, 9.17) is 5.11 Å². The molecule has 0 saturated heterocycles. The Morgan fingerprint density at radius 1 is 1.48 bits per heavy atom. The molecule has 0 spiro atoms. The summed E-state index contributed by atoms with van der Waals surface area (Å²) in [6.45, 7) is 3.41. The Kier molecular flexibility index (Phi) is 4.40. The van der Waals surface area contributed by atoms with Crippen molar-refractivity contribution < 1.29 is 14.7 Å². The number of amides is 1. The molecule has 7 nitrogen and oxygen atoms in total. The molecular weight excluding hydrogens is 274 g/mol. The number of aromatic amines is 1. The monoisotopic (exact) mass is 293 g/mol. The third-order valence-corrected chi connectivity index (χ3v) is 3.59. The molecule has 2 rings (SSSR count). The second kappa shape index (κ2) is 6.07. The Hall–Kier alpha value is -2.18. The van der Waals surface area contributed by atoms with Gasteiger partial charge in [0, 0.05) is 12.5 Å². The number of carboxylic acid groups (broad SMARTS) is 1. The smallest absolute Gasteiger partial charge is 0.306 e. The first-order valence-corrected chi connectivity index (χ1v) is 7.02. The van der Waals surface area contributed by atoms with Crippen LogP contribution in [-0.4, -0.2) is 33.5 Å². The number of aliphatic carboxylic acids is 1. The van der Waals surface area contributed by atoms with Gasteiger partial charge in [0.1, 0.15) is 11.4 Å². The van der Waals surface area contributed by atoms with E-state index in [1.165, 1.54) is 0 Å². The molecule has 0 radical (unpaired) electrons. The summed E-state index contributed by atoms with van der Waals surface area (Å²) in [7, 11) is 0. The van der Waals surface area contributed by atoms with Gasteiger partial charge < -0.3 is 15.4 Å². The first-order chi connectivity index (χ1) is 9.90. The lowest BCUT2D eigenvalue weighted by Gasteiger charge is -2.09. The van der Waals surface area contributed by atoms with Crippen LogP contribution < -0.4 is 10.9 Å². The highest BCUT2D eigenvalue weighted by Crippen LogP contribution is 2.37. The molecule has 21 heavy (non-hydrogen) atoms. The van der Waals surface area contributed by atoms with Crippen molar-refractivity contribution in [2.24, 2.45) is 5.92 Å². The number of nitrogens with zero attached hydrogens (tertiary/aromatic N) is 1. The molecule has 1 fully saturated rings. The molecule has 1 saturated carbocycles. The van der Waals surface area contributed by atoms with Crippen molar-refractivity contribution in [3.63, 3.8) is 0 Å². The predicted molar refractivity (Wildman–Crippen MR) is 75.3 cm³/mol. The number of rotatable bonds is 6. The molecule has 1 amide bonds. The van der Waals surface area contributed by atoms with E-state index in [1.54, 1.807) is 13.8 Å². The van der Waals surface area contributed by atoms with Crippen molar-refractivity contribution in [2.45, 2.75) is 39.0 Å². The fraction of sp³-hybridized carbons (Fsp3) is 0.571. The number of aryl methyl sites for hydroxylation is 1. The van der Waals surface area contributed by atoms with Crippen LogP contribution >= 0.6 is 0 Å². The second-order valence-electron chi connectivity index (χ2n) is 5.47. The van der Waals surface area contributed by atoms with Crippen LogP contribution in [0.3, 0.4) is 0 Å². The van der Waals surface area contributed by atoms with E-state index in [9.17, 15) is 14.4 Å². The third kappa shape index (κ3) is 3.68. The number of carboxylic acids is 1. The molecule has 7 heteroatoms. The zero-order valence-corrected chi connectivity index (χ0v) is 12.1. The van der Waals surface area contributed by atoms with Crippen LogP contribution in [0.25, 0.3) is 0 Å². The van der Waals surface area contributed by atoms with Crippen molar-refractivity contribution >= 4 is 11.9 Å². The van der Waals surface area contributed by atoms with Crippen LogP contribution in [0.1, 0.15) is 54.0 Å². The molecule has 0 aromatic carbocycles. The minimum atomic E-state index is -0.909. The number of carbonyl (C=O) groups excluding carboxylic acids is 1. The van der Waals surface area contributed by atoms with Crippen molar-refractivity contribution in [1.82, 2.24) is 15.3 Å². The van der Waals surface area contributed by atoms with Crippen molar-refractivity contribution in [3.8, 4) is 0 Å². The maximum Gasteiger partial charge on any atom is 0.306 e. The van der Waals surface area contributed by atoms with Gasteiger partial charge in [-0.05, 0) is 26.2 Å². The van der Waals surface area contributed by atoms with Crippen LogP contribution in [-0.2, 0) is 4.79 Å². The molecule has 1 atom stereocenters. The van der Waals surface area contributed by atoms with E-state index in [1.807, 2.05) is 0 Å². The third-order valence-electron chi connectivity index (χ3n) is 3.59.